The Morgan fingerprint density at radius 2 is 1.80 bits per heavy atom. The van der Waals surface area contributed by atoms with Gasteiger partial charge in [0.1, 0.15) is 0 Å². The SMILES string of the molecule is O=C(O)C1(c2ccccc2)CCN(CCCCO)CC1. The number of hydrogen-bond acceptors (Lipinski definition) is 3. The Kier molecular flexibility index (Phi) is 5.15. The van der Waals surface area contributed by atoms with Crippen molar-refractivity contribution in [3.05, 3.63) is 35.9 Å². The van der Waals surface area contributed by atoms with Crippen molar-refractivity contribution in [3.8, 4) is 0 Å². The molecule has 0 aromatic heterocycles. The van der Waals surface area contributed by atoms with Gasteiger partial charge >= 0.3 is 5.97 Å². The summed E-state index contributed by atoms with van der Waals surface area (Å²) in [6, 6.07) is 9.59. The lowest BCUT2D eigenvalue weighted by molar-refractivity contribution is -0.146. The van der Waals surface area contributed by atoms with Crippen molar-refractivity contribution >= 4 is 5.97 Å². The minimum absolute atomic E-state index is 0.233. The smallest absolute Gasteiger partial charge is 0.314 e. The van der Waals surface area contributed by atoms with Gasteiger partial charge in [0.15, 0.2) is 0 Å². The summed E-state index contributed by atoms with van der Waals surface area (Å²) in [7, 11) is 0. The van der Waals surface area contributed by atoms with Gasteiger partial charge in [-0.3, -0.25) is 4.79 Å². The first-order valence-corrected chi connectivity index (χ1v) is 7.31. The molecule has 2 rings (SSSR count). The fourth-order valence-electron chi connectivity index (χ4n) is 2.99. The number of likely N-dealkylation sites (tertiary alicyclic amines) is 1. The van der Waals surface area contributed by atoms with Crippen LogP contribution in [0.4, 0.5) is 0 Å². The van der Waals surface area contributed by atoms with Crippen molar-refractivity contribution in [3.63, 3.8) is 0 Å². The third-order valence-electron chi connectivity index (χ3n) is 4.33. The quantitative estimate of drug-likeness (QED) is 0.779. The second-order valence-electron chi connectivity index (χ2n) is 5.53. The van der Waals surface area contributed by atoms with Gasteiger partial charge in [-0.15, -0.1) is 0 Å². The summed E-state index contributed by atoms with van der Waals surface area (Å²) >= 11 is 0. The van der Waals surface area contributed by atoms with Crippen LogP contribution in [0.2, 0.25) is 0 Å². The molecule has 0 radical (unpaired) electrons. The molecule has 0 saturated carbocycles. The van der Waals surface area contributed by atoms with Crippen LogP contribution < -0.4 is 0 Å². The molecule has 0 bridgehead atoms. The Labute approximate surface area is 120 Å². The lowest BCUT2D eigenvalue weighted by atomic mass is 9.73. The van der Waals surface area contributed by atoms with Crippen LogP contribution in [-0.2, 0) is 10.2 Å². The van der Waals surface area contributed by atoms with Crippen molar-refractivity contribution in [1.29, 1.82) is 0 Å². The summed E-state index contributed by atoms with van der Waals surface area (Å²) in [5, 5.41) is 18.5. The average molecular weight is 277 g/mol. The highest BCUT2D eigenvalue weighted by Crippen LogP contribution is 2.35. The second kappa shape index (κ2) is 6.86. The third kappa shape index (κ3) is 3.19. The average Bonchev–Trinajstić information content (AvgIpc) is 2.49. The molecule has 0 unspecified atom stereocenters. The van der Waals surface area contributed by atoms with E-state index in [9.17, 15) is 9.90 Å². The lowest BCUT2D eigenvalue weighted by Gasteiger charge is -2.39. The van der Waals surface area contributed by atoms with E-state index < -0.39 is 11.4 Å². The monoisotopic (exact) mass is 277 g/mol. The zero-order valence-electron chi connectivity index (χ0n) is 11.8. The van der Waals surface area contributed by atoms with E-state index in [-0.39, 0.29) is 6.61 Å². The summed E-state index contributed by atoms with van der Waals surface area (Å²) in [4.78, 5) is 14.1. The Balaban J connectivity index is 2.02. The number of unbranched alkanes of at least 4 members (excludes halogenated alkanes) is 1. The molecule has 4 heteroatoms. The van der Waals surface area contributed by atoms with Crippen LogP contribution in [0.15, 0.2) is 30.3 Å². The Hall–Kier alpha value is -1.39. The van der Waals surface area contributed by atoms with Crippen molar-refractivity contribution < 1.29 is 15.0 Å². The fourth-order valence-corrected chi connectivity index (χ4v) is 2.99. The molecule has 0 aliphatic carbocycles. The highest BCUT2D eigenvalue weighted by Gasteiger charge is 2.42. The molecule has 1 aromatic rings. The molecule has 110 valence electrons. The number of benzene rings is 1. The van der Waals surface area contributed by atoms with Gasteiger partial charge in [0, 0.05) is 6.61 Å². The largest absolute Gasteiger partial charge is 0.481 e. The standard InChI is InChI=1S/C16H23NO3/c18-13-5-4-10-17-11-8-16(9-12-17,15(19)20)14-6-2-1-3-7-14/h1-3,6-7,18H,4-5,8-13H2,(H,19,20). The summed E-state index contributed by atoms with van der Waals surface area (Å²) in [5.74, 6) is -0.710. The van der Waals surface area contributed by atoms with Crippen LogP contribution in [0.25, 0.3) is 0 Å². The van der Waals surface area contributed by atoms with Gasteiger partial charge in [-0.1, -0.05) is 30.3 Å². The van der Waals surface area contributed by atoms with E-state index in [0.717, 1.165) is 38.0 Å². The van der Waals surface area contributed by atoms with Gasteiger partial charge in [0.25, 0.3) is 0 Å². The molecule has 1 aromatic carbocycles. The summed E-state index contributed by atoms with van der Waals surface area (Å²) in [6.07, 6.45) is 3.11. The predicted molar refractivity (Wildman–Crippen MR) is 77.7 cm³/mol. The minimum atomic E-state index is -0.727. The topological polar surface area (TPSA) is 60.8 Å². The summed E-state index contributed by atoms with van der Waals surface area (Å²) < 4.78 is 0. The van der Waals surface area contributed by atoms with E-state index in [1.54, 1.807) is 0 Å². The third-order valence-corrected chi connectivity index (χ3v) is 4.33. The molecule has 4 nitrogen and oxygen atoms in total. The van der Waals surface area contributed by atoms with E-state index in [1.165, 1.54) is 0 Å². The van der Waals surface area contributed by atoms with Crippen molar-refractivity contribution in [2.75, 3.05) is 26.2 Å². The van der Waals surface area contributed by atoms with Crippen molar-refractivity contribution in [2.24, 2.45) is 0 Å². The Bertz CT molecular complexity index is 425. The fraction of sp³-hybridized carbons (Fsp3) is 0.562. The molecular formula is C16H23NO3. The summed E-state index contributed by atoms with van der Waals surface area (Å²) in [6.45, 7) is 2.81. The molecule has 1 heterocycles. The van der Waals surface area contributed by atoms with Gasteiger partial charge in [0.2, 0.25) is 0 Å². The number of nitrogens with zero attached hydrogens (tertiary/aromatic N) is 1. The van der Waals surface area contributed by atoms with Crippen LogP contribution in [0, 0.1) is 0 Å². The van der Waals surface area contributed by atoms with Crippen LogP contribution in [-0.4, -0.2) is 47.3 Å². The van der Waals surface area contributed by atoms with Gasteiger partial charge in [0.05, 0.1) is 5.41 Å². The molecule has 1 aliphatic rings. The number of hydrogen-bond donors (Lipinski definition) is 2. The maximum atomic E-state index is 11.8. The predicted octanol–water partition coefficient (Wildman–Crippen LogP) is 1.88. The molecule has 20 heavy (non-hydrogen) atoms. The van der Waals surface area contributed by atoms with E-state index in [4.69, 9.17) is 5.11 Å². The number of aliphatic hydroxyl groups is 1. The van der Waals surface area contributed by atoms with Crippen LogP contribution in [0.3, 0.4) is 0 Å². The van der Waals surface area contributed by atoms with Gasteiger partial charge < -0.3 is 15.1 Å². The van der Waals surface area contributed by atoms with Gasteiger partial charge in [-0.25, -0.2) is 0 Å². The van der Waals surface area contributed by atoms with Gasteiger partial charge in [-0.05, 0) is 50.9 Å². The Morgan fingerprint density at radius 1 is 1.15 bits per heavy atom. The zero-order valence-corrected chi connectivity index (χ0v) is 11.8. The highest BCUT2D eigenvalue weighted by atomic mass is 16.4. The second-order valence-corrected chi connectivity index (χ2v) is 5.53. The van der Waals surface area contributed by atoms with Crippen LogP contribution >= 0.6 is 0 Å². The molecule has 1 saturated heterocycles. The van der Waals surface area contributed by atoms with E-state index >= 15 is 0 Å². The molecule has 1 aliphatic heterocycles. The molecule has 0 spiro atoms. The van der Waals surface area contributed by atoms with E-state index in [1.807, 2.05) is 30.3 Å². The number of aliphatic hydroxyl groups excluding tert-OH is 1. The minimum Gasteiger partial charge on any atom is -0.481 e. The number of piperidine rings is 1. The summed E-state index contributed by atoms with van der Waals surface area (Å²) in [5.41, 5.74) is 0.192. The first-order chi connectivity index (χ1) is 9.69. The first kappa shape index (κ1) is 15.0. The zero-order chi connectivity index (χ0) is 14.4. The first-order valence-electron chi connectivity index (χ1n) is 7.31. The van der Waals surface area contributed by atoms with Crippen LogP contribution in [0.5, 0.6) is 0 Å². The molecular weight excluding hydrogens is 254 g/mol. The number of rotatable bonds is 6. The van der Waals surface area contributed by atoms with Crippen molar-refractivity contribution in [1.82, 2.24) is 4.90 Å². The normalized spacial score (nSPS) is 18.9. The molecule has 1 fully saturated rings. The number of carbonyl (C=O) groups is 1. The number of carboxylic acid groups (broad SMARTS) is 1. The lowest BCUT2D eigenvalue weighted by Crippen LogP contribution is -2.47. The molecule has 0 atom stereocenters. The maximum absolute atomic E-state index is 11.8. The van der Waals surface area contributed by atoms with E-state index in [2.05, 4.69) is 4.90 Å². The molecule has 2 N–H and O–H groups in total. The highest BCUT2D eigenvalue weighted by molar-refractivity contribution is 5.81. The van der Waals surface area contributed by atoms with Crippen molar-refractivity contribution in [2.45, 2.75) is 31.1 Å². The number of aliphatic carboxylic acids is 1. The van der Waals surface area contributed by atoms with E-state index in [0.29, 0.717) is 12.8 Å². The van der Waals surface area contributed by atoms with Gasteiger partial charge in [-0.2, -0.15) is 0 Å². The van der Waals surface area contributed by atoms with Crippen LogP contribution in [0.1, 0.15) is 31.2 Å². The maximum Gasteiger partial charge on any atom is 0.314 e. The molecule has 0 amide bonds. The number of carboxylic acids is 1. The Morgan fingerprint density at radius 3 is 2.35 bits per heavy atom.